The molecule has 4 rings (SSSR count). The van der Waals surface area contributed by atoms with E-state index in [1.54, 1.807) is 31.9 Å². The number of alkyl carbamates (subject to hydrolysis) is 1. The van der Waals surface area contributed by atoms with Gasteiger partial charge in [0.15, 0.2) is 6.23 Å². The molecular formula is C27H32N4O4. The quantitative estimate of drug-likeness (QED) is 0.580. The molecule has 0 spiro atoms. The first kappa shape index (κ1) is 24.5. The number of aromatic nitrogens is 1. The molecule has 184 valence electrons. The number of rotatable bonds is 6. The minimum absolute atomic E-state index is 0.153. The minimum Gasteiger partial charge on any atom is -0.444 e. The lowest BCUT2D eigenvalue weighted by Crippen LogP contribution is -2.58. The van der Waals surface area contributed by atoms with Crippen LogP contribution in [0, 0.1) is 0 Å². The van der Waals surface area contributed by atoms with Crippen LogP contribution in [0.1, 0.15) is 26.3 Å². The molecule has 1 N–H and O–H groups in total. The summed E-state index contributed by atoms with van der Waals surface area (Å²) >= 11 is 0. The van der Waals surface area contributed by atoms with Gasteiger partial charge in [0.05, 0.1) is 13.2 Å². The van der Waals surface area contributed by atoms with Gasteiger partial charge in [0.25, 0.3) is 0 Å². The van der Waals surface area contributed by atoms with Crippen molar-refractivity contribution < 1.29 is 19.1 Å². The third-order valence-electron chi connectivity index (χ3n) is 5.72. The number of carbonyl (C=O) groups is 2. The van der Waals surface area contributed by atoms with Gasteiger partial charge in [-0.25, -0.2) is 4.79 Å². The molecule has 1 aliphatic rings. The van der Waals surface area contributed by atoms with Crippen molar-refractivity contribution in [2.24, 2.45) is 0 Å². The number of piperazine rings is 1. The Morgan fingerprint density at radius 1 is 1.06 bits per heavy atom. The fourth-order valence-electron chi connectivity index (χ4n) is 4.11. The van der Waals surface area contributed by atoms with Crippen LogP contribution in [0.4, 0.5) is 10.5 Å². The molecule has 8 heteroatoms. The highest BCUT2D eigenvalue weighted by Crippen LogP contribution is 2.28. The highest BCUT2D eigenvalue weighted by molar-refractivity contribution is 5.93. The van der Waals surface area contributed by atoms with Gasteiger partial charge in [-0.2, -0.15) is 0 Å². The number of fused-ring (bicyclic) bond motifs is 1. The van der Waals surface area contributed by atoms with Crippen molar-refractivity contribution in [1.29, 1.82) is 0 Å². The van der Waals surface area contributed by atoms with E-state index in [1.807, 2.05) is 54.7 Å². The van der Waals surface area contributed by atoms with Crippen LogP contribution in [0.2, 0.25) is 0 Å². The fraction of sp³-hybridized carbons (Fsp3) is 0.370. The number of nitrogens with one attached hydrogen (secondary N) is 1. The lowest BCUT2D eigenvalue weighted by molar-refractivity contribution is -0.147. The summed E-state index contributed by atoms with van der Waals surface area (Å²) in [7, 11) is 0. The Morgan fingerprint density at radius 3 is 2.63 bits per heavy atom. The Bertz CT molecular complexity index is 1160. The average molecular weight is 477 g/mol. The van der Waals surface area contributed by atoms with E-state index >= 15 is 0 Å². The van der Waals surface area contributed by atoms with E-state index in [1.165, 1.54) is 0 Å². The molecule has 1 atom stereocenters. The second-order valence-electron chi connectivity index (χ2n) is 9.51. The fourth-order valence-corrected chi connectivity index (χ4v) is 4.11. The zero-order valence-corrected chi connectivity index (χ0v) is 20.4. The first-order valence-electron chi connectivity index (χ1n) is 11.8. The summed E-state index contributed by atoms with van der Waals surface area (Å²) in [6.45, 7) is 7.19. The first-order chi connectivity index (χ1) is 16.8. The minimum atomic E-state index is -0.631. The number of ether oxygens (including phenoxy) is 2. The molecular weight excluding hydrogens is 444 g/mol. The molecule has 0 bridgehead atoms. The molecule has 35 heavy (non-hydrogen) atoms. The summed E-state index contributed by atoms with van der Waals surface area (Å²) in [5.41, 5.74) is 1.48. The van der Waals surface area contributed by atoms with E-state index in [-0.39, 0.29) is 12.5 Å². The van der Waals surface area contributed by atoms with Crippen LogP contribution in [-0.4, -0.2) is 59.9 Å². The number of hydrogen-bond acceptors (Lipinski definition) is 6. The van der Waals surface area contributed by atoms with Gasteiger partial charge < -0.3 is 24.6 Å². The van der Waals surface area contributed by atoms with Crippen LogP contribution in [-0.2, 0) is 20.9 Å². The molecule has 2 aromatic carbocycles. The predicted octanol–water partition coefficient (Wildman–Crippen LogP) is 3.95. The SMILES string of the molecule is CC(C)(C)OC(=O)NCC(=O)N1CCN(c2cccc3cnccc23)CC1OCc1ccccc1. The zero-order valence-electron chi connectivity index (χ0n) is 20.4. The molecule has 2 heterocycles. The third kappa shape index (κ3) is 6.48. The largest absolute Gasteiger partial charge is 0.444 e. The van der Waals surface area contributed by atoms with Gasteiger partial charge in [0.2, 0.25) is 5.91 Å². The summed E-state index contributed by atoms with van der Waals surface area (Å²) in [5, 5.41) is 4.74. The van der Waals surface area contributed by atoms with Crippen LogP contribution in [0.5, 0.6) is 0 Å². The lowest BCUT2D eigenvalue weighted by atomic mass is 10.1. The maximum absolute atomic E-state index is 13.1. The van der Waals surface area contributed by atoms with E-state index in [0.29, 0.717) is 26.2 Å². The Labute approximate surface area is 205 Å². The molecule has 1 aromatic heterocycles. The van der Waals surface area contributed by atoms with Crippen LogP contribution >= 0.6 is 0 Å². The van der Waals surface area contributed by atoms with Crippen LogP contribution in [0.25, 0.3) is 10.8 Å². The zero-order chi connectivity index (χ0) is 24.8. The summed E-state index contributed by atoms with van der Waals surface area (Å²) in [6, 6.07) is 18.0. The van der Waals surface area contributed by atoms with Gasteiger partial charge in [0.1, 0.15) is 12.1 Å². The van der Waals surface area contributed by atoms with Gasteiger partial charge in [0, 0.05) is 41.9 Å². The van der Waals surface area contributed by atoms with E-state index in [9.17, 15) is 9.59 Å². The maximum Gasteiger partial charge on any atom is 0.408 e. The number of anilines is 1. The third-order valence-corrected chi connectivity index (χ3v) is 5.72. The van der Waals surface area contributed by atoms with Crippen molar-refractivity contribution in [1.82, 2.24) is 15.2 Å². The van der Waals surface area contributed by atoms with E-state index in [0.717, 1.165) is 22.0 Å². The van der Waals surface area contributed by atoms with Crippen molar-refractivity contribution in [2.45, 2.75) is 39.2 Å². The Hall–Kier alpha value is -3.65. The number of carbonyl (C=O) groups excluding carboxylic acids is 2. The maximum atomic E-state index is 13.1. The lowest BCUT2D eigenvalue weighted by Gasteiger charge is -2.42. The number of nitrogens with zero attached hydrogens (tertiary/aromatic N) is 3. The number of hydrogen-bond donors (Lipinski definition) is 1. The Morgan fingerprint density at radius 2 is 1.86 bits per heavy atom. The summed E-state index contributed by atoms with van der Waals surface area (Å²) in [6.07, 6.45) is 2.55. The molecule has 1 fully saturated rings. The molecule has 0 saturated carbocycles. The van der Waals surface area contributed by atoms with Gasteiger partial charge >= 0.3 is 6.09 Å². The summed E-state index contributed by atoms with van der Waals surface area (Å²) in [4.78, 5) is 33.3. The van der Waals surface area contributed by atoms with Gasteiger partial charge in [-0.3, -0.25) is 9.78 Å². The van der Waals surface area contributed by atoms with Crippen LogP contribution < -0.4 is 10.2 Å². The van der Waals surface area contributed by atoms with Crippen molar-refractivity contribution in [2.75, 3.05) is 31.1 Å². The molecule has 8 nitrogen and oxygen atoms in total. The standard InChI is InChI=1S/C27H32N4O4/c1-27(2,3)35-26(33)29-17-24(32)31-15-14-30(18-25(31)34-19-20-8-5-4-6-9-20)23-11-7-10-21-16-28-13-12-22(21)23/h4-13,16,25H,14-15,17-19H2,1-3H3,(H,29,33). The Kier molecular flexibility index (Phi) is 7.51. The number of pyridine rings is 1. The molecule has 0 radical (unpaired) electrons. The van der Waals surface area contributed by atoms with Crippen molar-refractivity contribution >= 4 is 28.5 Å². The van der Waals surface area contributed by atoms with Gasteiger partial charge in [-0.05, 0) is 38.5 Å². The van der Waals surface area contributed by atoms with Gasteiger partial charge in [-0.1, -0.05) is 42.5 Å². The predicted molar refractivity (Wildman–Crippen MR) is 135 cm³/mol. The molecule has 1 aliphatic heterocycles. The van der Waals surface area contributed by atoms with Crippen LogP contribution in [0.3, 0.4) is 0 Å². The average Bonchev–Trinajstić information content (AvgIpc) is 2.85. The molecule has 1 unspecified atom stereocenters. The molecule has 0 aliphatic carbocycles. The smallest absolute Gasteiger partial charge is 0.408 e. The first-order valence-corrected chi connectivity index (χ1v) is 11.8. The Balaban J connectivity index is 1.49. The molecule has 3 aromatic rings. The normalized spacial score (nSPS) is 16.3. The van der Waals surface area contributed by atoms with Gasteiger partial charge in [-0.15, -0.1) is 0 Å². The number of amides is 2. The van der Waals surface area contributed by atoms with Crippen LogP contribution in [0.15, 0.2) is 67.0 Å². The number of benzene rings is 2. The van der Waals surface area contributed by atoms with E-state index in [4.69, 9.17) is 9.47 Å². The van der Waals surface area contributed by atoms with Crippen molar-refractivity contribution in [3.05, 3.63) is 72.6 Å². The monoisotopic (exact) mass is 476 g/mol. The molecule has 1 saturated heterocycles. The second-order valence-corrected chi connectivity index (χ2v) is 9.51. The molecule has 2 amide bonds. The second kappa shape index (κ2) is 10.7. The highest BCUT2D eigenvalue weighted by atomic mass is 16.6. The summed E-state index contributed by atoms with van der Waals surface area (Å²) < 4.78 is 11.5. The topological polar surface area (TPSA) is 84.0 Å². The van der Waals surface area contributed by atoms with E-state index < -0.39 is 17.9 Å². The highest BCUT2D eigenvalue weighted by Gasteiger charge is 2.32. The summed E-state index contributed by atoms with van der Waals surface area (Å²) in [5.74, 6) is -0.212. The van der Waals surface area contributed by atoms with E-state index in [2.05, 4.69) is 21.3 Å². The van der Waals surface area contributed by atoms with Crippen molar-refractivity contribution in [3.63, 3.8) is 0 Å². The van der Waals surface area contributed by atoms with Crippen molar-refractivity contribution in [3.8, 4) is 0 Å².